The van der Waals surface area contributed by atoms with Crippen molar-refractivity contribution >= 4 is 11.6 Å². The van der Waals surface area contributed by atoms with Crippen molar-refractivity contribution in [3.8, 4) is 0 Å². The molecule has 1 nitrogen and oxygen atoms in total. The Kier molecular flexibility index (Phi) is 5.22. The standard InChI is InChI=1S/C18H22ClN/c1-4-13-9-10-14(5-2)17(11-13)18(20-3)15-7-6-8-16(19)12-15/h6-12,18,20H,4-5H2,1-3H3. The molecule has 0 radical (unpaired) electrons. The number of aryl methyl sites for hydroxylation is 2. The quantitative estimate of drug-likeness (QED) is 0.835. The maximum Gasteiger partial charge on any atom is 0.0577 e. The summed E-state index contributed by atoms with van der Waals surface area (Å²) in [5, 5.41) is 4.21. The van der Waals surface area contributed by atoms with Gasteiger partial charge < -0.3 is 5.32 Å². The van der Waals surface area contributed by atoms with Gasteiger partial charge in [0.05, 0.1) is 6.04 Å². The molecule has 1 N–H and O–H groups in total. The Balaban J connectivity index is 2.50. The van der Waals surface area contributed by atoms with Gasteiger partial charge in [-0.2, -0.15) is 0 Å². The molecule has 2 heteroatoms. The second kappa shape index (κ2) is 6.92. The van der Waals surface area contributed by atoms with Crippen LogP contribution in [0.5, 0.6) is 0 Å². The number of hydrogen-bond donors (Lipinski definition) is 1. The second-order valence-electron chi connectivity index (χ2n) is 5.02. The smallest absolute Gasteiger partial charge is 0.0577 e. The minimum Gasteiger partial charge on any atom is -0.309 e. The predicted molar refractivity (Wildman–Crippen MR) is 87.6 cm³/mol. The lowest BCUT2D eigenvalue weighted by Gasteiger charge is -2.21. The van der Waals surface area contributed by atoms with Crippen LogP contribution in [-0.2, 0) is 12.8 Å². The molecule has 0 saturated carbocycles. The number of nitrogens with one attached hydrogen (secondary N) is 1. The Hall–Kier alpha value is -1.31. The Labute approximate surface area is 127 Å². The number of rotatable bonds is 5. The van der Waals surface area contributed by atoms with Gasteiger partial charge in [0, 0.05) is 5.02 Å². The van der Waals surface area contributed by atoms with Gasteiger partial charge in [0.25, 0.3) is 0 Å². The largest absolute Gasteiger partial charge is 0.309 e. The highest BCUT2D eigenvalue weighted by Gasteiger charge is 2.15. The van der Waals surface area contributed by atoms with Crippen molar-refractivity contribution in [3.63, 3.8) is 0 Å². The molecular weight excluding hydrogens is 266 g/mol. The van der Waals surface area contributed by atoms with Crippen molar-refractivity contribution in [2.75, 3.05) is 7.05 Å². The number of halogens is 1. The summed E-state index contributed by atoms with van der Waals surface area (Å²) < 4.78 is 0. The van der Waals surface area contributed by atoms with Gasteiger partial charge >= 0.3 is 0 Å². The zero-order valence-corrected chi connectivity index (χ0v) is 13.2. The molecule has 0 aliphatic carbocycles. The molecule has 2 aromatic carbocycles. The van der Waals surface area contributed by atoms with E-state index >= 15 is 0 Å². The molecule has 0 aliphatic heterocycles. The highest BCUT2D eigenvalue weighted by Crippen LogP contribution is 2.28. The summed E-state index contributed by atoms with van der Waals surface area (Å²) in [6.45, 7) is 4.40. The van der Waals surface area contributed by atoms with E-state index in [2.05, 4.69) is 43.4 Å². The molecule has 0 saturated heterocycles. The van der Waals surface area contributed by atoms with Gasteiger partial charge in [-0.1, -0.05) is 55.8 Å². The Morgan fingerprint density at radius 2 is 1.85 bits per heavy atom. The first-order valence-corrected chi connectivity index (χ1v) is 7.61. The lowest BCUT2D eigenvalue weighted by molar-refractivity contribution is 0.683. The summed E-state index contributed by atoms with van der Waals surface area (Å²) in [6, 6.07) is 15.1. The van der Waals surface area contributed by atoms with E-state index in [1.165, 1.54) is 22.3 Å². The van der Waals surface area contributed by atoms with E-state index in [4.69, 9.17) is 11.6 Å². The molecule has 0 aromatic heterocycles. The van der Waals surface area contributed by atoms with E-state index in [9.17, 15) is 0 Å². The van der Waals surface area contributed by atoms with Gasteiger partial charge in [-0.3, -0.25) is 0 Å². The molecule has 0 aliphatic rings. The highest BCUT2D eigenvalue weighted by atomic mass is 35.5. The Morgan fingerprint density at radius 3 is 2.45 bits per heavy atom. The summed E-state index contributed by atoms with van der Waals surface area (Å²) >= 11 is 6.14. The SMILES string of the molecule is CCc1ccc(CC)c(C(NC)c2cccc(Cl)c2)c1. The Bertz CT molecular complexity index is 577. The van der Waals surface area contributed by atoms with Crippen LogP contribution in [0.1, 0.15) is 42.1 Å². The lowest BCUT2D eigenvalue weighted by Crippen LogP contribution is -2.19. The fraction of sp³-hybridized carbons (Fsp3) is 0.333. The van der Waals surface area contributed by atoms with Crippen LogP contribution in [0.2, 0.25) is 5.02 Å². The Morgan fingerprint density at radius 1 is 1.05 bits per heavy atom. The van der Waals surface area contributed by atoms with Crippen molar-refractivity contribution in [2.24, 2.45) is 0 Å². The van der Waals surface area contributed by atoms with E-state index in [1.807, 2.05) is 25.2 Å². The predicted octanol–water partition coefficient (Wildman–Crippen LogP) is 4.77. The topological polar surface area (TPSA) is 12.0 Å². The third kappa shape index (κ3) is 3.23. The summed E-state index contributed by atoms with van der Waals surface area (Å²) in [5.41, 5.74) is 5.33. The first kappa shape index (κ1) is 15.1. The lowest BCUT2D eigenvalue weighted by atomic mass is 9.91. The first-order chi connectivity index (χ1) is 9.69. The van der Waals surface area contributed by atoms with E-state index in [1.54, 1.807) is 0 Å². The minimum atomic E-state index is 0.190. The average molecular weight is 288 g/mol. The van der Waals surface area contributed by atoms with Crippen LogP contribution in [0.4, 0.5) is 0 Å². The highest BCUT2D eigenvalue weighted by molar-refractivity contribution is 6.30. The molecule has 2 aromatic rings. The van der Waals surface area contributed by atoms with Crippen LogP contribution in [0.15, 0.2) is 42.5 Å². The zero-order chi connectivity index (χ0) is 14.5. The van der Waals surface area contributed by atoms with Crippen LogP contribution >= 0.6 is 11.6 Å². The molecule has 0 amide bonds. The van der Waals surface area contributed by atoms with Crippen molar-refractivity contribution in [1.82, 2.24) is 5.32 Å². The van der Waals surface area contributed by atoms with Crippen LogP contribution in [0.25, 0.3) is 0 Å². The van der Waals surface area contributed by atoms with Crippen molar-refractivity contribution in [3.05, 3.63) is 69.7 Å². The first-order valence-electron chi connectivity index (χ1n) is 7.24. The van der Waals surface area contributed by atoms with Gasteiger partial charge in [-0.25, -0.2) is 0 Å². The maximum absolute atomic E-state index is 6.14. The molecule has 0 bridgehead atoms. The van der Waals surface area contributed by atoms with Gasteiger partial charge in [-0.15, -0.1) is 0 Å². The molecular formula is C18H22ClN. The van der Waals surface area contributed by atoms with Crippen molar-refractivity contribution in [1.29, 1.82) is 0 Å². The van der Waals surface area contributed by atoms with Crippen LogP contribution in [0, 0.1) is 0 Å². The monoisotopic (exact) mass is 287 g/mol. The van der Waals surface area contributed by atoms with Gasteiger partial charge in [0.1, 0.15) is 0 Å². The fourth-order valence-corrected chi connectivity index (χ4v) is 2.84. The molecule has 20 heavy (non-hydrogen) atoms. The van der Waals surface area contributed by atoms with Crippen LogP contribution in [0.3, 0.4) is 0 Å². The van der Waals surface area contributed by atoms with Crippen LogP contribution < -0.4 is 5.32 Å². The second-order valence-corrected chi connectivity index (χ2v) is 5.45. The van der Waals surface area contributed by atoms with Gasteiger partial charge in [-0.05, 0) is 54.3 Å². The molecule has 0 spiro atoms. The van der Waals surface area contributed by atoms with E-state index in [0.717, 1.165) is 17.9 Å². The maximum atomic E-state index is 6.14. The molecule has 1 unspecified atom stereocenters. The van der Waals surface area contributed by atoms with Crippen molar-refractivity contribution < 1.29 is 0 Å². The summed E-state index contributed by atoms with van der Waals surface area (Å²) in [7, 11) is 2.00. The molecule has 106 valence electrons. The normalized spacial score (nSPS) is 12.4. The minimum absolute atomic E-state index is 0.190. The van der Waals surface area contributed by atoms with Crippen LogP contribution in [-0.4, -0.2) is 7.05 Å². The van der Waals surface area contributed by atoms with E-state index in [-0.39, 0.29) is 6.04 Å². The van der Waals surface area contributed by atoms with E-state index < -0.39 is 0 Å². The van der Waals surface area contributed by atoms with Gasteiger partial charge in [0.2, 0.25) is 0 Å². The molecule has 1 atom stereocenters. The number of benzene rings is 2. The third-order valence-electron chi connectivity index (χ3n) is 3.78. The number of hydrogen-bond acceptors (Lipinski definition) is 1. The third-order valence-corrected chi connectivity index (χ3v) is 4.02. The zero-order valence-electron chi connectivity index (χ0n) is 12.4. The summed E-state index contributed by atoms with van der Waals surface area (Å²) in [4.78, 5) is 0. The van der Waals surface area contributed by atoms with Gasteiger partial charge in [0.15, 0.2) is 0 Å². The summed E-state index contributed by atoms with van der Waals surface area (Å²) in [5.74, 6) is 0. The van der Waals surface area contributed by atoms with E-state index in [0.29, 0.717) is 0 Å². The van der Waals surface area contributed by atoms with Crippen molar-refractivity contribution in [2.45, 2.75) is 32.7 Å². The summed E-state index contributed by atoms with van der Waals surface area (Å²) in [6.07, 6.45) is 2.10. The molecule has 0 heterocycles. The molecule has 0 fully saturated rings. The average Bonchev–Trinajstić information content (AvgIpc) is 2.48. The molecule has 2 rings (SSSR count). The fourth-order valence-electron chi connectivity index (χ4n) is 2.64.